The van der Waals surface area contributed by atoms with E-state index in [-0.39, 0.29) is 22.7 Å². The highest BCUT2D eigenvalue weighted by Gasteiger charge is 2.34. The van der Waals surface area contributed by atoms with E-state index in [4.69, 9.17) is 21.5 Å². The summed E-state index contributed by atoms with van der Waals surface area (Å²) in [7, 11) is 0. The molecule has 1 aliphatic rings. The lowest BCUT2D eigenvalue weighted by molar-refractivity contribution is -0.134. The SMILES string of the molecule is CC(=O)O.O=C(CC1SC(=NC(c2ccc(O)c(O)c2)c2c(O)[nH]c(=O)[nH]c2=O)NC1=O)Nc1cccc(Cl)c1. The predicted octanol–water partition coefficient (Wildman–Crippen LogP) is 1.63. The number of phenolic OH excluding ortho intramolecular Hbond substituents is 2. The van der Waals surface area contributed by atoms with Crippen LogP contribution in [-0.2, 0) is 14.4 Å². The van der Waals surface area contributed by atoms with Crippen LogP contribution in [0, 0.1) is 0 Å². The predicted molar refractivity (Wildman–Crippen MR) is 146 cm³/mol. The van der Waals surface area contributed by atoms with Crippen LogP contribution in [-0.4, -0.2) is 58.6 Å². The minimum atomic E-state index is -1.31. The Bertz CT molecular complexity index is 1600. The Balaban J connectivity index is 0.00000103. The van der Waals surface area contributed by atoms with Crippen molar-refractivity contribution in [1.82, 2.24) is 15.3 Å². The van der Waals surface area contributed by atoms with Gasteiger partial charge < -0.3 is 31.1 Å². The minimum Gasteiger partial charge on any atom is -0.504 e. The monoisotopic (exact) mass is 591 g/mol. The third-order valence-corrected chi connectivity index (χ3v) is 6.38. The van der Waals surface area contributed by atoms with Gasteiger partial charge in [0.05, 0.1) is 0 Å². The number of H-pyrrole nitrogens is 2. The summed E-state index contributed by atoms with van der Waals surface area (Å²) in [6.07, 6.45) is -0.197. The smallest absolute Gasteiger partial charge is 0.328 e. The number of aliphatic imine (C=N–C) groups is 1. The molecule has 2 unspecified atom stereocenters. The molecule has 0 radical (unpaired) electrons. The Labute approximate surface area is 233 Å². The summed E-state index contributed by atoms with van der Waals surface area (Å²) in [5, 5.41) is 42.0. The maximum absolute atomic E-state index is 12.5. The average Bonchev–Trinajstić information content (AvgIpc) is 3.17. The number of rotatable bonds is 6. The molecule has 0 saturated carbocycles. The second-order valence-electron chi connectivity index (χ2n) is 8.13. The number of thioether (sulfide) groups is 1. The summed E-state index contributed by atoms with van der Waals surface area (Å²) in [6.45, 7) is 1.08. The molecule has 2 atom stereocenters. The Morgan fingerprint density at radius 3 is 2.40 bits per heavy atom. The van der Waals surface area contributed by atoms with Crippen molar-refractivity contribution in [2.24, 2.45) is 4.99 Å². The number of carboxylic acid groups (broad SMARTS) is 1. The van der Waals surface area contributed by atoms with E-state index in [1.165, 1.54) is 6.07 Å². The number of amides is 2. The van der Waals surface area contributed by atoms with Gasteiger partial charge in [-0.05, 0) is 35.9 Å². The molecule has 16 heteroatoms. The molecule has 1 aromatic heterocycles. The van der Waals surface area contributed by atoms with Crippen LogP contribution in [0.4, 0.5) is 5.69 Å². The number of aliphatic carboxylic acids is 1. The van der Waals surface area contributed by atoms with Crippen molar-refractivity contribution in [2.45, 2.75) is 24.6 Å². The standard InChI is InChI=1S/C22H18ClN5O7S.C2H4O2/c23-10-2-1-3-11(7-10)24-15(31)8-14-18(32)28-22(36-14)25-17(9-4-5-12(29)13(30)6-9)16-19(33)26-21(35)27-20(16)34;1-2(3)4/h1-7,14,17,29-30H,8H2,(H,24,31)(H,25,28,32)(H3,26,27,33,34,35);1H3,(H,3,4). The number of aromatic hydroxyl groups is 3. The largest absolute Gasteiger partial charge is 0.504 e. The number of nitrogens with zero attached hydrogens (tertiary/aromatic N) is 1. The number of phenols is 2. The van der Waals surface area contributed by atoms with Crippen LogP contribution < -0.4 is 21.9 Å². The Morgan fingerprint density at radius 1 is 1.07 bits per heavy atom. The first-order chi connectivity index (χ1) is 18.8. The first-order valence-electron chi connectivity index (χ1n) is 11.2. The number of hydrogen-bond donors (Lipinski definition) is 8. The molecule has 3 aromatic rings. The van der Waals surface area contributed by atoms with Gasteiger partial charge in [0.15, 0.2) is 16.7 Å². The van der Waals surface area contributed by atoms with Gasteiger partial charge >= 0.3 is 5.69 Å². The number of anilines is 1. The molecule has 2 aromatic carbocycles. The average molecular weight is 592 g/mol. The van der Waals surface area contributed by atoms with Gasteiger partial charge in [0.1, 0.15) is 16.9 Å². The minimum absolute atomic E-state index is 0.0307. The zero-order valence-corrected chi connectivity index (χ0v) is 22.0. The summed E-state index contributed by atoms with van der Waals surface area (Å²) in [5.41, 5.74) is -1.66. The number of benzene rings is 2. The van der Waals surface area contributed by atoms with Gasteiger partial charge in [0.2, 0.25) is 17.7 Å². The molecule has 0 spiro atoms. The lowest BCUT2D eigenvalue weighted by Crippen LogP contribution is -2.29. The van der Waals surface area contributed by atoms with E-state index in [0.29, 0.717) is 10.7 Å². The molecule has 2 amide bonds. The third-order valence-electron chi connectivity index (χ3n) is 5.05. The van der Waals surface area contributed by atoms with E-state index >= 15 is 0 Å². The molecule has 0 aliphatic carbocycles. The zero-order chi connectivity index (χ0) is 29.6. The van der Waals surface area contributed by atoms with Crippen LogP contribution in [0.25, 0.3) is 0 Å². The Kier molecular flexibility index (Phi) is 9.58. The summed E-state index contributed by atoms with van der Waals surface area (Å²) >= 11 is 6.84. The van der Waals surface area contributed by atoms with Crippen LogP contribution >= 0.6 is 23.4 Å². The third kappa shape index (κ3) is 7.87. The fraction of sp³-hybridized carbons (Fsp3) is 0.167. The second kappa shape index (κ2) is 12.9. The van der Waals surface area contributed by atoms with Crippen LogP contribution in [0.5, 0.6) is 17.4 Å². The van der Waals surface area contributed by atoms with Crippen molar-refractivity contribution in [1.29, 1.82) is 0 Å². The van der Waals surface area contributed by atoms with Crippen molar-refractivity contribution < 1.29 is 34.8 Å². The Morgan fingerprint density at radius 2 is 1.77 bits per heavy atom. The van der Waals surface area contributed by atoms with E-state index in [0.717, 1.165) is 30.8 Å². The first kappa shape index (κ1) is 29.8. The second-order valence-corrected chi connectivity index (χ2v) is 9.76. The van der Waals surface area contributed by atoms with Crippen LogP contribution in [0.3, 0.4) is 0 Å². The number of halogens is 1. The van der Waals surface area contributed by atoms with E-state index in [2.05, 4.69) is 20.6 Å². The van der Waals surface area contributed by atoms with Gasteiger partial charge in [-0.25, -0.2) is 9.79 Å². The van der Waals surface area contributed by atoms with Gasteiger partial charge in [-0.1, -0.05) is 35.5 Å². The number of aromatic amines is 2. The zero-order valence-electron chi connectivity index (χ0n) is 20.5. The summed E-state index contributed by atoms with van der Waals surface area (Å²) in [4.78, 5) is 66.4. The highest BCUT2D eigenvalue weighted by molar-refractivity contribution is 8.15. The molecule has 1 saturated heterocycles. The van der Waals surface area contributed by atoms with Crippen LogP contribution in [0.2, 0.25) is 5.02 Å². The van der Waals surface area contributed by atoms with Crippen molar-refractivity contribution in [3.63, 3.8) is 0 Å². The topological polar surface area (TPSA) is 234 Å². The fourth-order valence-corrected chi connectivity index (χ4v) is 4.60. The van der Waals surface area contributed by atoms with Gasteiger partial charge in [-0.3, -0.25) is 29.1 Å². The van der Waals surface area contributed by atoms with Gasteiger partial charge in [-0.15, -0.1) is 0 Å². The highest BCUT2D eigenvalue weighted by Crippen LogP contribution is 2.35. The van der Waals surface area contributed by atoms with Gasteiger partial charge in [0.25, 0.3) is 11.5 Å². The number of carbonyl (C=O) groups is 3. The lowest BCUT2D eigenvalue weighted by Gasteiger charge is -2.15. The molecule has 1 fully saturated rings. The maximum atomic E-state index is 12.5. The maximum Gasteiger partial charge on any atom is 0.328 e. The number of amidine groups is 1. The van der Waals surface area contributed by atoms with Crippen molar-refractivity contribution >= 4 is 52.0 Å². The number of carboxylic acids is 1. The number of hydrogen-bond acceptors (Lipinski definition) is 10. The molecular formula is C24H22ClN5O9S. The quantitative estimate of drug-likeness (QED) is 0.193. The highest BCUT2D eigenvalue weighted by atomic mass is 35.5. The van der Waals surface area contributed by atoms with E-state index in [1.807, 2.05) is 4.98 Å². The molecule has 40 heavy (non-hydrogen) atoms. The van der Waals surface area contributed by atoms with Crippen molar-refractivity contribution in [3.8, 4) is 17.4 Å². The summed E-state index contributed by atoms with van der Waals surface area (Å²) < 4.78 is 0. The van der Waals surface area contributed by atoms with Gasteiger partial charge in [0, 0.05) is 24.1 Å². The molecule has 4 rings (SSSR count). The number of carbonyl (C=O) groups excluding carboxylic acids is 2. The summed E-state index contributed by atoms with van der Waals surface area (Å²) in [5.74, 6) is -3.50. The fourth-order valence-electron chi connectivity index (χ4n) is 3.42. The number of aromatic nitrogens is 2. The molecule has 1 aliphatic heterocycles. The van der Waals surface area contributed by atoms with E-state index in [1.54, 1.807) is 24.3 Å². The first-order valence-corrected chi connectivity index (χ1v) is 12.5. The number of nitrogens with one attached hydrogen (secondary N) is 4. The van der Waals surface area contributed by atoms with Crippen LogP contribution in [0.1, 0.15) is 30.5 Å². The van der Waals surface area contributed by atoms with Crippen LogP contribution in [0.15, 0.2) is 57.0 Å². The van der Waals surface area contributed by atoms with E-state index in [9.17, 15) is 34.5 Å². The van der Waals surface area contributed by atoms with Crippen molar-refractivity contribution in [2.75, 3.05) is 5.32 Å². The molecule has 2 heterocycles. The Hall–Kier alpha value is -4.76. The normalized spacial score (nSPS) is 16.0. The molecule has 8 N–H and O–H groups in total. The van der Waals surface area contributed by atoms with Gasteiger partial charge in [-0.2, -0.15) is 0 Å². The lowest BCUT2D eigenvalue weighted by atomic mass is 10.0. The molecule has 210 valence electrons. The molecular weight excluding hydrogens is 570 g/mol. The molecule has 0 bridgehead atoms. The molecule has 14 nitrogen and oxygen atoms in total. The van der Waals surface area contributed by atoms with Crippen molar-refractivity contribution in [3.05, 3.63) is 79.5 Å². The van der Waals surface area contributed by atoms with E-state index < -0.39 is 57.7 Å². The summed E-state index contributed by atoms with van der Waals surface area (Å²) in [6, 6.07) is 8.81.